The van der Waals surface area contributed by atoms with Gasteiger partial charge >= 0.3 is 6.03 Å². The normalized spacial score (nSPS) is 11.7. The van der Waals surface area contributed by atoms with Crippen LogP contribution in [0.15, 0.2) is 24.3 Å². The number of hydrogen-bond donors (Lipinski definition) is 3. The second kappa shape index (κ2) is 9.89. The minimum Gasteiger partial charge on any atom is -0.335 e. The number of rotatable bonds is 7. The smallest absolute Gasteiger partial charge is 0.321 e. The Labute approximate surface area is 146 Å². The molecule has 132 valence electrons. The lowest BCUT2D eigenvalue weighted by atomic mass is 10.3. The highest BCUT2D eigenvalue weighted by atomic mass is 35.5. The van der Waals surface area contributed by atoms with E-state index in [0.29, 0.717) is 10.7 Å². The second-order valence-corrected chi connectivity index (χ2v) is 5.99. The summed E-state index contributed by atoms with van der Waals surface area (Å²) in [5, 5.41) is 8.14. The largest absolute Gasteiger partial charge is 0.335 e. The number of imide groups is 1. The van der Waals surface area contributed by atoms with Gasteiger partial charge in [0.05, 0.1) is 13.1 Å². The van der Waals surface area contributed by atoms with Crippen molar-refractivity contribution in [3.8, 4) is 0 Å². The third kappa shape index (κ3) is 7.94. The molecule has 0 aliphatic rings. The van der Waals surface area contributed by atoms with Crippen LogP contribution < -0.4 is 16.0 Å². The van der Waals surface area contributed by atoms with Crippen LogP contribution in [-0.2, 0) is 9.59 Å². The number of nitrogens with zero attached hydrogens (tertiary/aromatic N) is 1. The van der Waals surface area contributed by atoms with Crippen molar-refractivity contribution in [2.24, 2.45) is 0 Å². The number of urea groups is 1. The molecular weight excluding hydrogens is 332 g/mol. The summed E-state index contributed by atoms with van der Waals surface area (Å²) in [5.74, 6) is -0.741. The van der Waals surface area contributed by atoms with Gasteiger partial charge in [-0.15, -0.1) is 0 Å². The maximum absolute atomic E-state index is 11.9. The summed E-state index contributed by atoms with van der Waals surface area (Å²) in [4.78, 5) is 36.7. The molecule has 0 spiro atoms. The van der Waals surface area contributed by atoms with Crippen LogP contribution in [-0.4, -0.2) is 48.9 Å². The summed E-state index contributed by atoms with van der Waals surface area (Å²) < 4.78 is 0. The maximum atomic E-state index is 11.9. The van der Waals surface area contributed by atoms with E-state index in [2.05, 4.69) is 16.0 Å². The minimum atomic E-state index is -0.534. The number of carbonyl (C=O) groups is 3. The van der Waals surface area contributed by atoms with Gasteiger partial charge in [-0.2, -0.15) is 0 Å². The van der Waals surface area contributed by atoms with Gasteiger partial charge in [0, 0.05) is 16.8 Å². The van der Waals surface area contributed by atoms with Crippen LogP contribution in [0.2, 0.25) is 5.02 Å². The van der Waals surface area contributed by atoms with Gasteiger partial charge < -0.3 is 10.6 Å². The maximum Gasteiger partial charge on any atom is 0.321 e. The average Bonchev–Trinajstić information content (AvgIpc) is 2.48. The molecule has 0 aliphatic carbocycles. The molecule has 0 fully saturated rings. The summed E-state index contributed by atoms with van der Waals surface area (Å²) in [5.41, 5.74) is 0.621. The lowest BCUT2D eigenvalue weighted by molar-refractivity contribution is -0.122. The lowest BCUT2D eigenvalue weighted by Gasteiger charge is -2.16. The molecule has 0 bridgehead atoms. The van der Waals surface area contributed by atoms with Gasteiger partial charge in [0.1, 0.15) is 0 Å². The van der Waals surface area contributed by atoms with Crippen molar-refractivity contribution in [3.05, 3.63) is 29.3 Å². The fraction of sp³-hybridized carbons (Fsp3) is 0.438. The summed E-state index contributed by atoms with van der Waals surface area (Å²) in [6, 6.07) is 6.17. The summed E-state index contributed by atoms with van der Waals surface area (Å²) in [7, 11) is 1.62. The number of hydrogen-bond acceptors (Lipinski definition) is 4. The number of benzene rings is 1. The minimum absolute atomic E-state index is 0.0133. The van der Waals surface area contributed by atoms with E-state index in [4.69, 9.17) is 11.6 Å². The Kier molecular flexibility index (Phi) is 8.21. The van der Waals surface area contributed by atoms with Gasteiger partial charge in [-0.1, -0.05) is 18.5 Å². The topological polar surface area (TPSA) is 90.5 Å². The quantitative estimate of drug-likeness (QED) is 0.696. The predicted octanol–water partition coefficient (Wildman–Crippen LogP) is 1.83. The first-order chi connectivity index (χ1) is 11.3. The zero-order valence-electron chi connectivity index (χ0n) is 14.1. The number of carbonyl (C=O) groups excluding carboxylic acids is 3. The molecular formula is C16H23ClN4O3. The first-order valence-electron chi connectivity index (χ1n) is 7.64. The van der Waals surface area contributed by atoms with E-state index in [-0.39, 0.29) is 25.0 Å². The Balaban J connectivity index is 2.35. The molecule has 0 aliphatic heterocycles. The molecule has 4 amide bonds. The Hall–Kier alpha value is -2.12. The van der Waals surface area contributed by atoms with E-state index < -0.39 is 11.9 Å². The molecule has 0 aromatic heterocycles. The van der Waals surface area contributed by atoms with Crippen molar-refractivity contribution >= 4 is 35.1 Å². The van der Waals surface area contributed by atoms with Crippen LogP contribution in [0.5, 0.6) is 0 Å². The van der Waals surface area contributed by atoms with Crippen LogP contribution in [0.4, 0.5) is 10.5 Å². The number of nitrogens with one attached hydrogen (secondary N) is 3. The second-order valence-electron chi connectivity index (χ2n) is 5.56. The van der Waals surface area contributed by atoms with Gasteiger partial charge in [-0.25, -0.2) is 4.79 Å². The van der Waals surface area contributed by atoms with E-state index in [1.54, 1.807) is 31.3 Å². The van der Waals surface area contributed by atoms with Crippen molar-refractivity contribution in [2.75, 3.05) is 25.5 Å². The molecule has 0 unspecified atom stereocenters. The Bertz CT molecular complexity index is 577. The van der Waals surface area contributed by atoms with Gasteiger partial charge in [0.15, 0.2) is 0 Å². The van der Waals surface area contributed by atoms with Crippen molar-refractivity contribution in [1.29, 1.82) is 0 Å². The average molecular weight is 355 g/mol. The molecule has 1 atom stereocenters. The van der Waals surface area contributed by atoms with Gasteiger partial charge in [0.2, 0.25) is 11.8 Å². The summed E-state index contributed by atoms with van der Waals surface area (Å²) >= 11 is 5.77. The molecule has 24 heavy (non-hydrogen) atoms. The third-order valence-corrected chi connectivity index (χ3v) is 3.45. The van der Waals surface area contributed by atoms with E-state index in [9.17, 15) is 14.4 Å². The van der Waals surface area contributed by atoms with E-state index >= 15 is 0 Å². The Morgan fingerprint density at radius 2 is 1.71 bits per heavy atom. The molecule has 0 saturated carbocycles. The standard InChI is InChI=1S/C16H23ClN4O3/c1-4-11(2)18-16(24)20-15(23)10-21(3)9-14(22)19-13-7-5-12(17)6-8-13/h5-8,11H,4,9-10H2,1-3H3,(H,19,22)(H2,18,20,23,24)/t11-/m0/s1. The molecule has 1 aromatic rings. The SMILES string of the molecule is CC[C@H](C)NC(=O)NC(=O)CN(C)CC(=O)Nc1ccc(Cl)cc1. The molecule has 0 radical (unpaired) electrons. The zero-order valence-corrected chi connectivity index (χ0v) is 14.8. The summed E-state index contributed by atoms with van der Waals surface area (Å²) in [6.07, 6.45) is 0.770. The van der Waals surface area contributed by atoms with Crippen molar-refractivity contribution in [1.82, 2.24) is 15.5 Å². The molecule has 3 N–H and O–H groups in total. The van der Waals surface area contributed by atoms with E-state index in [1.807, 2.05) is 13.8 Å². The first kappa shape index (κ1) is 19.9. The molecule has 0 saturated heterocycles. The molecule has 8 heteroatoms. The van der Waals surface area contributed by atoms with Crippen molar-refractivity contribution < 1.29 is 14.4 Å². The van der Waals surface area contributed by atoms with E-state index in [0.717, 1.165) is 6.42 Å². The lowest BCUT2D eigenvalue weighted by Crippen LogP contribution is -2.47. The molecule has 7 nitrogen and oxygen atoms in total. The highest BCUT2D eigenvalue weighted by Crippen LogP contribution is 2.13. The highest BCUT2D eigenvalue weighted by Gasteiger charge is 2.14. The van der Waals surface area contributed by atoms with Gasteiger partial charge in [-0.05, 0) is 44.7 Å². The van der Waals surface area contributed by atoms with Crippen LogP contribution in [0.3, 0.4) is 0 Å². The fourth-order valence-electron chi connectivity index (χ4n) is 1.81. The fourth-order valence-corrected chi connectivity index (χ4v) is 1.93. The molecule has 1 rings (SSSR count). The number of halogens is 1. The van der Waals surface area contributed by atoms with E-state index in [1.165, 1.54) is 4.90 Å². The van der Waals surface area contributed by atoms with Crippen LogP contribution in [0.25, 0.3) is 0 Å². The third-order valence-electron chi connectivity index (χ3n) is 3.20. The number of amides is 4. The van der Waals surface area contributed by atoms with Crippen LogP contribution >= 0.6 is 11.6 Å². The van der Waals surface area contributed by atoms with Crippen LogP contribution in [0, 0.1) is 0 Å². The molecule has 0 heterocycles. The predicted molar refractivity (Wildman–Crippen MR) is 94.0 cm³/mol. The monoisotopic (exact) mass is 354 g/mol. The van der Waals surface area contributed by atoms with Crippen molar-refractivity contribution in [2.45, 2.75) is 26.3 Å². The molecule has 1 aromatic carbocycles. The Morgan fingerprint density at radius 3 is 2.29 bits per heavy atom. The van der Waals surface area contributed by atoms with Gasteiger partial charge in [0.25, 0.3) is 0 Å². The van der Waals surface area contributed by atoms with Crippen molar-refractivity contribution in [3.63, 3.8) is 0 Å². The first-order valence-corrected chi connectivity index (χ1v) is 8.02. The highest BCUT2D eigenvalue weighted by molar-refractivity contribution is 6.30. The Morgan fingerprint density at radius 1 is 1.12 bits per heavy atom. The van der Waals surface area contributed by atoms with Gasteiger partial charge in [-0.3, -0.25) is 19.8 Å². The zero-order chi connectivity index (χ0) is 18.1. The van der Waals surface area contributed by atoms with Crippen LogP contribution in [0.1, 0.15) is 20.3 Å². The summed E-state index contributed by atoms with van der Waals surface area (Å²) in [6.45, 7) is 3.72. The number of likely N-dealkylation sites (N-methyl/N-ethyl adjacent to an activating group) is 1. The number of anilines is 1.